The summed E-state index contributed by atoms with van der Waals surface area (Å²) in [4.78, 5) is 4.37. The molecule has 0 bridgehead atoms. The molecule has 2 rings (SSSR count). The van der Waals surface area contributed by atoms with E-state index in [0.29, 0.717) is 12.5 Å². The number of methoxy groups -OCH3 is 1. The van der Waals surface area contributed by atoms with Gasteiger partial charge < -0.3 is 15.8 Å². The van der Waals surface area contributed by atoms with E-state index >= 15 is 0 Å². The second kappa shape index (κ2) is 7.67. The largest absolute Gasteiger partial charge is 0.497 e. The zero-order chi connectivity index (χ0) is 16.8. The number of benzene rings is 1. The number of ether oxygens (including phenoxy) is 1. The van der Waals surface area contributed by atoms with E-state index in [4.69, 9.17) is 10.5 Å². The SMILES string of the molecule is COc1ccc(NC(N)=NCCCc2c(C)nn(C)c2C)cc1. The molecule has 0 atom stereocenters. The minimum atomic E-state index is 0.426. The summed E-state index contributed by atoms with van der Waals surface area (Å²) >= 11 is 0. The van der Waals surface area contributed by atoms with E-state index in [0.717, 1.165) is 30.0 Å². The van der Waals surface area contributed by atoms with Crippen LogP contribution in [-0.4, -0.2) is 29.4 Å². The lowest BCUT2D eigenvalue weighted by atomic mass is 10.1. The number of aromatic nitrogens is 2. The molecule has 6 heteroatoms. The highest BCUT2D eigenvalue weighted by Gasteiger charge is 2.08. The lowest BCUT2D eigenvalue weighted by Crippen LogP contribution is -2.22. The van der Waals surface area contributed by atoms with Crippen LogP contribution in [0.3, 0.4) is 0 Å². The van der Waals surface area contributed by atoms with Crippen molar-refractivity contribution in [3.63, 3.8) is 0 Å². The highest BCUT2D eigenvalue weighted by molar-refractivity contribution is 5.92. The van der Waals surface area contributed by atoms with Gasteiger partial charge in [-0.05, 0) is 56.5 Å². The molecule has 0 spiro atoms. The molecule has 0 saturated carbocycles. The van der Waals surface area contributed by atoms with Crippen LogP contribution in [-0.2, 0) is 13.5 Å². The van der Waals surface area contributed by atoms with E-state index in [-0.39, 0.29) is 0 Å². The van der Waals surface area contributed by atoms with Crippen LogP contribution in [0.1, 0.15) is 23.4 Å². The van der Waals surface area contributed by atoms with Crippen molar-refractivity contribution in [3.8, 4) is 5.75 Å². The molecule has 0 unspecified atom stereocenters. The van der Waals surface area contributed by atoms with Crippen LogP contribution in [0.25, 0.3) is 0 Å². The zero-order valence-corrected chi connectivity index (χ0v) is 14.3. The maximum Gasteiger partial charge on any atom is 0.193 e. The Morgan fingerprint density at radius 1 is 1.30 bits per heavy atom. The van der Waals surface area contributed by atoms with E-state index in [2.05, 4.69) is 22.3 Å². The van der Waals surface area contributed by atoms with Crippen LogP contribution in [0.5, 0.6) is 5.75 Å². The first-order chi connectivity index (χ1) is 11.0. The van der Waals surface area contributed by atoms with Gasteiger partial charge in [0.1, 0.15) is 5.75 Å². The molecule has 124 valence electrons. The molecule has 0 amide bonds. The monoisotopic (exact) mass is 315 g/mol. The smallest absolute Gasteiger partial charge is 0.193 e. The van der Waals surface area contributed by atoms with Gasteiger partial charge in [0.2, 0.25) is 0 Å². The molecule has 1 aromatic heterocycles. The first-order valence-electron chi connectivity index (χ1n) is 7.71. The van der Waals surface area contributed by atoms with Crippen molar-refractivity contribution in [2.75, 3.05) is 19.0 Å². The van der Waals surface area contributed by atoms with Crippen LogP contribution >= 0.6 is 0 Å². The number of rotatable bonds is 6. The van der Waals surface area contributed by atoms with Gasteiger partial charge in [0.25, 0.3) is 0 Å². The zero-order valence-electron chi connectivity index (χ0n) is 14.3. The van der Waals surface area contributed by atoms with Crippen molar-refractivity contribution in [1.82, 2.24) is 9.78 Å². The topological polar surface area (TPSA) is 77.5 Å². The molecule has 23 heavy (non-hydrogen) atoms. The quantitative estimate of drug-likeness (QED) is 0.487. The summed E-state index contributed by atoms with van der Waals surface area (Å²) in [6, 6.07) is 7.57. The average Bonchev–Trinajstić information content (AvgIpc) is 2.78. The third-order valence-electron chi connectivity index (χ3n) is 3.89. The van der Waals surface area contributed by atoms with Gasteiger partial charge >= 0.3 is 0 Å². The number of hydrogen-bond donors (Lipinski definition) is 2. The van der Waals surface area contributed by atoms with Gasteiger partial charge in [-0.1, -0.05) is 0 Å². The van der Waals surface area contributed by atoms with Gasteiger partial charge in [-0.2, -0.15) is 5.10 Å². The van der Waals surface area contributed by atoms with Gasteiger partial charge in [0.15, 0.2) is 5.96 Å². The fourth-order valence-electron chi connectivity index (χ4n) is 2.50. The Morgan fingerprint density at radius 3 is 2.57 bits per heavy atom. The predicted molar refractivity (Wildman–Crippen MR) is 94.1 cm³/mol. The average molecular weight is 315 g/mol. The van der Waals surface area contributed by atoms with Crippen molar-refractivity contribution in [1.29, 1.82) is 0 Å². The van der Waals surface area contributed by atoms with Crippen molar-refractivity contribution in [3.05, 3.63) is 41.2 Å². The molecule has 6 nitrogen and oxygen atoms in total. The van der Waals surface area contributed by atoms with E-state index in [1.54, 1.807) is 7.11 Å². The molecular formula is C17H25N5O. The fraction of sp³-hybridized carbons (Fsp3) is 0.412. The van der Waals surface area contributed by atoms with Crippen LogP contribution in [0.4, 0.5) is 5.69 Å². The predicted octanol–water partition coefficient (Wildman–Crippen LogP) is 2.40. The number of nitrogens with zero attached hydrogens (tertiary/aromatic N) is 3. The van der Waals surface area contributed by atoms with E-state index in [9.17, 15) is 0 Å². The van der Waals surface area contributed by atoms with Gasteiger partial charge in [0.05, 0.1) is 12.8 Å². The maximum atomic E-state index is 5.91. The summed E-state index contributed by atoms with van der Waals surface area (Å²) in [5, 5.41) is 7.50. The fourth-order valence-corrected chi connectivity index (χ4v) is 2.50. The molecular weight excluding hydrogens is 290 g/mol. The number of hydrogen-bond acceptors (Lipinski definition) is 3. The molecule has 0 aliphatic carbocycles. The van der Waals surface area contributed by atoms with Gasteiger partial charge in [-0.25, -0.2) is 0 Å². The standard InChI is InChI=1S/C17H25N5O/c1-12-16(13(2)22(3)21-12)6-5-11-19-17(18)20-14-7-9-15(23-4)10-8-14/h7-10H,5-6,11H2,1-4H3,(H3,18,19,20). The summed E-state index contributed by atoms with van der Waals surface area (Å²) in [5.41, 5.74) is 10.4. The van der Waals surface area contributed by atoms with Crippen molar-refractivity contribution < 1.29 is 4.74 Å². The first kappa shape index (κ1) is 16.9. The lowest BCUT2D eigenvalue weighted by molar-refractivity contribution is 0.415. The highest BCUT2D eigenvalue weighted by atomic mass is 16.5. The lowest BCUT2D eigenvalue weighted by Gasteiger charge is -2.07. The molecule has 2 aromatic rings. The second-order valence-corrected chi connectivity index (χ2v) is 5.50. The molecule has 0 saturated heterocycles. The third kappa shape index (κ3) is 4.48. The molecule has 0 radical (unpaired) electrons. The minimum Gasteiger partial charge on any atom is -0.497 e. The molecule has 0 aliphatic rings. The summed E-state index contributed by atoms with van der Waals surface area (Å²) in [5.74, 6) is 1.24. The number of nitrogens with one attached hydrogen (secondary N) is 1. The Kier molecular flexibility index (Phi) is 5.62. The molecule has 1 aromatic carbocycles. The number of guanidine groups is 1. The van der Waals surface area contributed by atoms with Crippen LogP contribution in [0.15, 0.2) is 29.3 Å². The summed E-state index contributed by atoms with van der Waals surface area (Å²) in [6.45, 7) is 4.83. The van der Waals surface area contributed by atoms with Gasteiger partial charge in [0, 0.05) is 25.0 Å². The number of anilines is 1. The van der Waals surface area contributed by atoms with Crippen LogP contribution < -0.4 is 15.8 Å². The Balaban J connectivity index is 1.82. The molecule has 1 heterocycles. The minimum absolute atomic E-state index is 0.426. The first-order valence-corrected chi connectivity index (χ1v) is 7.71. The van der Waals surface area contributed by atoms with E-state index < -0.39 is 0 Å². The van der Waals surface area contributed by atoms with Crippen molar-refractivity contribution in [2.24, 2.45) is 17.8 Å². The molecule has 0 fully saturated rings. The van der Waals surface area contributed by atoms with Crippen molar-refractivity contribution in [2.45, 2.75) is 26.7 Å². The number of aryl methyl sites for hydroxylation is 2. The summed E-state index contributed by atoms with van der Waals surface area (Å²) < 4.78 is 7.04. The Labute approximate surface area is 137 Å². The highest BCUT2D eigenvalue weighted by Crippen LogP contribution is 2.15. The second-order valence-electron chi connectivity index (χ2n) is 5.50. The van der Waals surface area contributed by atoms with Gasteiger partial charge in [-0.3, -0.25) is 9.67 Å². The van der Waals surface area contributed by atoms with E-state index in [1.165, 1.54) is 11.3 Å². The third-order valence-corrected chi connectivity index (χ3v) is 3.89. The van der Waals surface area contributed by atoms with Gasteiger partial charge in [-0.15, -0.1) is 0 Å². The Hall–Kier alpha value is -2.50. The summed E-state index contributed by atoms with van der Waals surface area (Å²) in [7, 11) is 3.62. The van der Waals surface area contributed by atoms with Crippen LogP contribution in [0, 0.1) is 13.8 Å². The van der Waals surface area contributed by atoms with Crippen molar-refractivity contribution >= 4 is 11.6 Å². The normalized spacial score (nSPS) is 11.6. The molecule has 0 aliphatic heterocycles. The maximum absolute atomic E-state index is 5.91. The summed E-state index contributed by atoms with van der Waals surface area (Å²) in [6.07, 6.45) is 1.91. The number of aliphatic imine (C=N–C) groups is 1. The Morgan fingerprint density at radius 2 is 2.00 bits per heavy atom. The molecule has 3 N–H and O–H groups in total. The van der Waals surface area contributed by atoms with E-state index in [1.807, 2.05) is 42.9 Å². The Bertz CT molecular complexity index is 673. The van der Waals surface area contributed by atoms with Crippen LogP contribution in [0.2, 0.25) is 0 Å². The number of nitrogens with two attached hydrogens (primary N) is 1.